The number of nitrogens with zero attached hydrogens (tertiary/aromatic N) is 2. The maximum absolute atomic E-state index is 12.5. The molecular formula is C16H21N3O4S. The molecule has 1 N–H and O–H groups in total. The molecule has 0 aliphatic carbocycles. The van der Waals surface area contributed by atoms with Crippen LogP contribution in [-0.4, -0.2) is 39.4 Å². The molecule has 1 fully saturated rings. The molecule has 0 bridgehead atoms. The standard InChI is InChI=1S/C16H21N3O4S/c1-3-16-18-24(21,22)15-9-12(17-11(2)20)6-7-14(15)19(16)10-13-5-4-8-23-13/h6-7,9,13H,3-5,8,10H2,1-2H3,(H,17,20). The number of carbonyl (C=O) groups excluding carboxylic acids is 1. The number of hydrogen-bond donors (Lipinski definition) is 1. The Morgan fingerprint density at radius 2 is 2.25 bits per heavy atom. The Labute approximate surface area is 141 Å². The minimum absolute atomic E-state index is 0.0745. The summed E-state index contributed by atoms with van der Waals surface area (Å²) in [5, 5.41) is 2.61. The SMILES string of the molecule is CCC1=NS(=O)(=O)c2cc(NC(C)=O)ccc2N1CC1CCCO1. The highest BCUT2D eigenvalue weighted by Gasteiger charge is 2.32. The molecule has 130 valence electrons. The van der Waals surface area contributed by atoms with Gasteiger partial charge < -0.3 is 15.0 Å². The first-order valence-corrected chi connectivity index (χ1v) is 9.49. The molecule has 0 spiro atoms. The Bertz CT molecular complexity index is 783. The van der Waals surface area contributed by atoms with Gasteiger partial charge in [-0.05, 0) is 31.0 Å². The largest absolute Gasteiger partial charge is 0.376 e. The molecule has 1 amide bonds. The molecule has 1 atom stereocenters. The molecule has 0 aromatic heterocycles. The lowest BCUT2D eigenvalue weighted by atomic mass is 10.2. The van der Waals surface area contributed by atoms with Crippen LogP contribution < -0.4 is 10.2 Å². The van der Waals surface area contributed by atoms with Gasteiger partial charge in [-0.15, -0.1) is 4.40 Å². The molecule has 1 saturated heterocycles. The van der Waals surface area contributed by atoms with Crippen molar-refractivity contribution < 1.29 is 17.9 Å². The van der Waals surface area contributed by atoms with Gasteiger partial charge in [0.05, 0.1) is 18.3 Å². The van der Waals surface area contributed by atoms with Crippen molar-refractivity contribution in [2.75, 3.05) is 23.4 Å². The number of nitrogens with one attached hydrogen (secondary N) is 1. The lowest BCUT2D eigenvalue weighted by molar-refractivity contribution is -0.114. The van der Waals surface area contributed by atoms with Crippen LogP contribution in [0.25, 0.3) is 0 Å². The van der Waals surface area contributed by atoms with E-state index in [0.29, 0.717) is 30.2 Å². The normalized spacial score (nSPS) is 22.0. The number of rotatable bonds is 4. The van der Waals surface area contributed by atoms with Crippen LogP contribution >= 0.6 is 0 Å². The summed E-state index contributed by atoms with van der Waals surface area (Å²) in [6.45, 7) is 4.58. The molecule has 3 rings (SSSR count). The second-order valence-electron chi connectivity index (χ2n) is 5.95. The monoisotopic (exact) mass is 351 g/mol. The molecule has 24 heavy (non-hydrogen) atoms. The zero-order valence-electron chi connectivity index (χ0n) is 13.8. The third-order valence-corrected chi connectivity index (χ3v) is 5.45. The number of carbonyl (C=O) groups is 1. The van der Waals surface area contributed by atoms with Gasteiger partial charge in [-0.1, -0.05) is 6.92 Å². The van der Waals surface area contributed by atoms with E-state index in [-0.39, 0.29) is 16.9 Å². The van der Waals surface area contributed by atoms with Crippen molar-refractivity contribution in [2.24, 2.45) is 4.40 Å². The molecule has 0 radical (unpaired) electrons. The Kier molecular flexibility index (Phi) is 4.60. The van der Waals surface area contributed by atoms with Gasteiger partial charge in [0.1, 0.15) is 10.7 Å². The minimum Gasteiger partial charge on any atom is -0.376 e. The smallest absolute Gasteiger partial charge is 0.286 e. The van der Waals surface area contributed by atoms with E-state index in [2.05, 4.69) is 9.71 Å². The van der Waals surface area contributed by atoms with Gasteiger partial charge in [0.15, 0.2) is 0 Å². The number of sulfonamides is 1. The lowest BCUT2D eigenvalue weighted by Gasteiger charge is -2.32. The molecule has 1 unspecified atom stereocenters. The fraction of sp³-hybridized carbons (Fsp3) is 0.500. The minimum atomic E-state index is -3.77. The first-order chi connectivity index (χ1) is 11.4. The number of amidine groups is 1. The summed E-state index contributed by atoms with van der Waals surface area (Å²) in [4.78, 5) is 13.3. The van der Waals surface area contributed by atoms with Crippen molar-refractivity contribution in [3.8, 4) is 0 Å². The zero-order valence-corrected chi connectivity index (χ0v) is 14.6. The number of fused-ring (bicyclic) bond motifs is 1. The van der Waals surface area contributed by atoms with E-state index >= 15 is 0 Å². The highest BCUT2D eigenvalue weighted by molar-refractivity contribution is 7.90. The molecule has 1 aromatic carbocycles. The zero-order chi connectivity index (χ0) is 17.3. The summed E-state index contributed by atoms with van der Waals surface area (Å²) in [6.07, 6.45) is 2.56. The van der Waals surface area contributed by atoms with Crippen LogP contribution in [0.15, 0.2) is 27.5 Å². The summed E-state index contributed by atoms with van der Waals surface area (Å²) >= 11 is 0. The molecule has 1 aromatic rings. The Balaban J connectivity index is 2.02. The van der Waals surface area contributed by atoms with Gasteiger partial charge in [0.2, 0.25) is 5.91 Å². The number of benzene rings is 1. The Morgan fingerprint density at radius 1 is 1.46 bits per heavy atom. The predicted octanol–water partition coefficient (Wildman–Crippen LogP) is 2.14. The molecule has 7 nitrogen and oxygen atoms in total. The number of ether oxygens (including phenoxy) is 1. The second-order valence-corrected chi connectivity index (χ2v) is 7.52. The molecule has 2 heterocycles. The second kappa shape index (κ2) is 6.52. The number of amides is 1. The van der Waals surface area contributed by atoms with Gasteiger partial charge in [0, 0.05) is 25.6 Å². The first-order valence-electron chi connectivity index (χ1n) is 8.05. The van der Waals surface area contributed by atoms with Crippen LogP contribution in [-0.2, 0) is 19.6 Å². The van der Waals surface area contributed by atoms with E-state index in [1.165, 1.54) is 13.0 Å². The quantitative estimate of drug-likeness (QED) is 0.898. The maximum atomic E-state index is 12.5. The molecule has 2 aliphatic heterocycles. The third kappa shape index (κ3) is 3.29. The van der Waals surface area contributed by atoms with E-state index in [9.17, 15) is 13.2 Å². The van der Waals surface area contributed by atoms with Gasteiger partial charge >= 0.3 is 0 Å². The van der Waals surface area contributed by atoms with Gasteiger partial charge in [-0.25, -0.2) is 0 Å². The highest BCUT2D eigenvalue weighted by Crippen LogP contribution is 2.35. The molecule has 2 aliphatic rings. The Hall–Kier alpha value is -1.93. The van der Waals surface area contributed by atoms with Crippen LogP contribution in [0.5, 0.6) is 0 Å². The predicted molar refractivity (Wildman–Crippen MR) is 92.0 cm³/mol. The van der Waals surface area contributed by atoms with Gasteiger partial charge in [-0.3, -0.25) is 4.79 Å². The highest BCUT2D eigenvalue weighted by atomic mass is 32.2. The van der Waals surface area contributed by atoms with Crippen LogP contribution in [0.4, 0.5) is 11.4 Å². The summed E-state index contributed by atoms with van der Waals surface area (Å²) in [6, 6.07) is 4.89. The van der Waals surface area contributed by atoms with E-state index in [4.69, 9.17) is 4.74 Å². The molecular weight excluding hydrogens is 330 g/mol. The fourth-order valence-electron chi connectivity index (χ4n) is 3.05. The van der Waals surface area contributed by atoms with Gasteiger partial charge in [-0.2, -0.15) is 8.42 Å². The van der Waals surface area contributed by atoms with E-state index in [1.54, 1.807) is 12.1 Å². The van der Waals surface area contributed by atoms with Crippen molar-refractivity contribution >= 4 is 33.1 Å². The molecule has 8 heteroatoms. The summed E-state index contributed by atoms with van der Waals surface area (Å²) in [7, 11) is -3.77. The first kappa shape index (κ1) is 16.9. The Morgan fingerprint density at radius 3 is 2.88 bits per heavy atom. The number of hydrogen-bond acceptors (Lipinski definition) is 5. The van der Waals surface area contributed by atoms with Crippen LogP contribution in [0, 0.1) is 0 Å². The van der Waals surface area contributed by atoms with Crippen molar-refractivity contribution in [1.29, 1.82) is 0 Å². The van der Waals surface area contributed by atoms with Crippen LogP contribution in [0.3, 0.4) is 0 Å². The maximum Gasteiger partial charge on any atom is 0.286 e. The number of anilines is 2. The summed E-state index contributed by atoms with van der Waals surface area (Å²) < 4.78 is 34.7. The van der Waals surface area contributed by atoms with Crippen molar-refractivity contribution in [2.45, 2.75) is 44.1 Å². The molecule has 0 saturated carbocycles. The van der Waals surface area contributed by atoms with E-state index < -0.39 is 10.0 Å². The third-order valence-electron chi connectivity index (χ3n) is 4.11. The summed E-state index contributed by atoms with van der Waals surface area (Å²) in [5.74, 6) is 0.266. The lowest BCUT2D eigenvalue weighted by Crippen LogP contribution is -2.40. The fourth-order valence-corrected chi connectivity index (χ4v) is 4.37. The average molecular weight is 351 g/mol. The van der Waals surface area contributed by atoms with Crippen molar-refractivity contribution in [3.63, 3.8) is 0 Å². The summed E-state index contributed by atoms with van der Waals surface area (Å²) in [5.41, 5.74) is 1.03. The van der Waals surface area contributed by atoms with E-state index in [1.807, 2.05) is 11.8 Å². The van der Waals surface area contributed by atoms with Crippen molar-refractivity contribution in [1.82, 2.24) is 0 Å². The van der Waals surface area contributed by atoms with Crippen LogP contribution in [0.1, 0.15) is 33.1 Å². The topological polar surface area (TPSA) is 88.1 Å². The van der Waals surface area contributed by atoms with Crippen LogP contribution in [0.2, 0.25) is 0 Å². The van der Waals surface area contributed by atoms with E-state index in [0.717, 1.165) is 19.4 Å². The average Bonchev–Trinajstić information content (AvgIpc) is 3.02. The van der Waals surface area contributed by atoms with Crippen molar-refractivity contribution in [3.05, 3.63) is 18.2 Å². The van der Waals surface area contributed by atoms with Gasteiger partial charge in [0.25, 0.3) is 10.0 Å².